The van der Waals surface area contributed by atoms with E-state index in [1.807, 2.05) is 37.3 Å². The molecule has 0 radical (unpaired) electrons. The van der Waals surface area contributed by atoms with E-state index in [4.69, 9.17) is 9.47 Å². The summed E-state index contributed by atoms with van der Waals surface area (Å²) in [5, 5.41) is 0. The summed E-state index contributed by atoms with van der Waals surface area (Å²) in [6, 6.07) is 13.2. The Morgan fingerprint density at radius 2 is 1.88 bits per heavy atom. The molecule has 2 rings (SSSR count). The van der Waals surface area contributed by atoms with Crippen LogP contribution in [0.25, 0.3) is 0 Å². The van der Waals surface area contributed by atoms with E-state index in [2.05, 4.69) is 11.9 Å². The number of ether oxygens (including phenoxy) is 2. The quantitative estimate of drug-likeness (QED) is 0.482. The molecular formula is C20H25NO3. The van der Waals surface area contributed by atoms with E-state index in [0.717, 1.165) is 31.2 Å². The molecule has 0 bridgehead atoms. The Kier molecular flexibility index (Phi) is 7.27. The number of carbonyl (C=O) groups excluding carboxylic acids is 1. The Morgan fingerprint density at radius 1 is 1.08 bits per heavy atom. The number of carbonyl (C=O) groups is 1. The van der Waals surface area contributed by atoms with Crippen LogP contribution >= 0.6 is 0 Å². The molecule has 1 heterocycles. The van der Waals surface area contributed by atoms with Crippen molar-refractivity contribution in [2.24, 2.45) is 0 Å². The van der Waals surface area contributed by atoms with Crippen molar-refractivity contribution in [1.82, 2.24) is 4.98 Å². The lowest BCUT2D eigenvalue weighted by molar-refractivity contribution is 0.0287. The van der Waals surface area contributed by atoms with Crippen LogP contribution < -0.4 is 4.74 Å². The molecule has 1 aromatic heterocycles. The van der Waals surface area contributed by atoms with Gasteiger partial charge >= 0.3 is 5.97 Å². The predicted octanol–water partition coefficient (Wildman–Crippen LogP) is 4.96. The number of pyridine rings is 1. The monoisotopic (exact) mass is 327 g/mol. The normalized spacial score (nSPS) is 11.8. The minimum atomic E-state index is -0.365. The molecule has 0 fully saturated rings. The molecule has 1 atom stereocenters. The summed E-state index contributed by atoms with van der Waals surface area (Å²) in [4.78, 5) is 16.5. The highest BCUT2D eigenvalue weighted by atomic mass is 16.5. The van der Waals surface area contributed by atoms with E-state index in [0.29, 0.717) is 18.1 Å². The average molecular weight is 327 g/mol. The van der Waals surface area contributed by atoms with E-state index < -0.39 is 0 Å². The summed E-state index contributed by atoms with van der Waals surface area (Å²) in [6.45, 7) is 4.80. The van der Waals surface area contributed by atoms with Crippen molar-refractivity contribution in [3.05, 3.63) is 59.8 Å². The molecule has 4 heteroatoms. The topological polar surface area (TPSA) is 48.4 Å². The van der Waals surface area contributed by atoms with E-state index in [9.17, 15) is 4.79 Å². The van der Waals surface area contributed by atoms with Gasteiger partial charge in [0.1, 0.15) is 6.10 Å². The summed E-state index contributed by atoms with van der Waals surface area (Å²) in [5.74, 6) is 0.175. The Balaban J connectivity index is 1.92. The van der Waals surface area contributed by atoms with Crippen molar-refractivity contribution in [3.8, 4) is 5.88 Å². The number of nitrogens with zero attached hydrogens (tertiary/aromatic N) is 1. The number of esters is 1. The average Bonchev–Trinajstić information content (AvgIpc) is 2.64. The molecule has 0 aliphatic heterocycles. The van der Waals surface area contributed by atoms with E-state index >= 15 is 0 Å². The van der Waals surface area contributed by atoms with Crippen molar-refractivity contribution in [2.45, 2.75) is 45.6 Å². The molecule has 0 amide bonds. The third-order valence-electron chi connectivity index (χ3n) is 3.76. The van der Waals surface area contributed by atoms with Gasteiger partial charge in [-0.2, -0.15) is 0 Å². The van der Waals surface area contributed by atoms with Gasteiger partial charge in [-0.3, -0.25) is 0 Å². The first-order chi connectivity index (χ1) is 11.7. The first kappa shape index (κ1) is 18.0. The number of hydrogen-bond donors (Lipinski definition) is 0. The molecule has 128 valence electrons. The van der Waals surface area contributed by atoms with Crippen LogP contribution in [-0.2, 0) is 4.74 Å². The molecule has 4 nitrogen and oxygen atoms in total. The largest absolute Gasteiger partial charge is 0.478 e. The highest BCUT2D eigenvalue weighted by Gasteiger charge is 2.16. The van der Waals surface area contributed by atoms with Crippen LogP contribution in [0.1, 0.15) is 61.6 Å². The maximum Gasteiger partial charge on any atom is 0.340 e. The maximum atomic E-state index is 12.3. The third-order valence-corrected chi connectivity index (χ3v) is 3.76. The molecule has 24 heavy (non-hydrogen) atoms. The van der Waals surface area contributed by atoms with Gasteiger partial charge in [0, 0.05) is 12.3 Å². The molecule has 0 N–H and O–H groups in total. The molecule has 1 aromatic carbocycles. The minimum Gasteiger partial charge on any atom is -0.478 e. The molecule has 2 aromatic rings. The van der Waals surface area contributed by atoms with Crippen molar-refractivity contribution in [1.29, 1.82) is 0 Å². The second-order valence-electron chi connectivity index (χ2n) is 5.65. The standard InChI is InChI=1S/C20H25NO3/c1-3-5-9-14-23-19-13-12-17(15-21-19)20(22)24-18(4-2)16-10-7-6-8-11-16/h6-8,10-13,15,18H,3-5,9,14H2,1-2H3. The van der Waals surface area contributed by atoms with Crippen LogP contribution in [-0.4, -0.2) is 17.6 Å². The highest BCUT2D eigenvalue weighted by molar-refractivity contribution is 5.89. The zero-order valence-electron chi connectivity index (χ0n) is 14.4. The lowest BCUT2D eigenvalue weighted by Crippen LogP contribution is -2.11. The molecule has 1 unspecified atom stereocenters. The smallest absolute Gasteiger partial charge is 0.340 e. The first-order valence-electron chi connectivity index (χ1n) is 8.59. The summed E-state index contributed by atoms with van der Waals surface area (Å²) >= 11 is 0. The maximum absolute atomic E-state index is 12.3. The minimum absolute atomic E-state index is 0.247. The second-order valence-corrected chi connectivity index (χ2v) is 5.65. The molecular weight excluding hydrogens is 302 g/mol. The van der Waals surface area contributed by atoms with Crippen LogP contribution in [0.5, 0.6) is 5.88 Å². The summed E-state index contributed by atoms with van der Waals surface area (Å²) in [6.07, 6.45) is 5.29. The van der Waals surface area contributed by atoms with Crippen LogP contribution in [0.2, 0.25) is 0 Å². The van der Waals surface area contributed by atoms with E-state index in [1.54, 1.807) is 12.1 Å². The van der Waals surface area contributed by atoms with Crippen molar-refractivity contribution < 1.29 is 14.3 Å². The number of unbranched alkanes of at least 4 members (excludes halogenated alkanes) is 2. The van der Waals surface area contributed by atoms with Crippen LogP contribution in [0.3, 0.4) is 0 Å². The van der Waals surface area contributed by atoms with Crippen LogP contribution in [0.4, 0.5) is 0 Å². The van der Waals surface area contributed by atoms with E-state index in [1.165, 1.54) is 6.20 Å². The number of rotatable bonds is 9. The van der Waals surface area contributed by atoms with Gasteiger partial charge in [-0.25, -0.2) is 9.78 Å². The summed E-state index contributed by atoms with van der Waals surface area (Å²) < 4.78 is 11.2. The van der Waals surface area contributed by atoms with Crippen molar-refractivity contribution in [3.63, 3.8) is 0 Å². The predicted molar refractivity (Wildman–Crippen MR) is 94.1 cm³/mol. The zero-order valence-corrected chi connectivity index (χ0v) is 14.4. The van der Waals surface area contributed by atoms with Gasteiger partial charge < -0.3 is 9.47 Å². The van der Waals surface area contributed by atoms with Gasteiger partial charge in [0.15, 0.2) is 0 Å². The molecule has 0 spiro atoms. The van der Waals surface area contributed by atoms with Gasteiger partial charge in [-0.1, -0.05) is 57.0 Å². The fourth-order valence-corrected chi connectivity index (χ4v) is 2.37. The van der Waals surface area contributed by atoms with Crippen molar-refractivity contribution in [2.75, 3.05) is 6.61 Å². The Morgan fingerprint density at radius 3 is 2.50 bits per heavy atom. The fourth-order valence-electron chi connectivity index (χ4n) is 2.37. The molecule has 0 aliphatic carbocycles. The lowest BCUT2D eigenvalue weighted by Gasteiger charge is -2.16. The highest BCUT2D eigenvalue weighted by Crippen LogP contribution is 2.22. The molecule has 0 aliphatic rings. The lowest BCUT2D eigenvalue weighted by atomic mass is 10.1. The van der Waals surface area contributed by atoms with Gasteiger partial charge in [0.25, 0.3) is 0 Å². The fraction of sp³-hybridized carbons (Fsp3) is 0.400. The van der Waals surface area contributed by atoms with Gasteiger partial charge in [0.05, 0.1) is 12.2 Å². The number of aromatic nitrogens is 1. The van der Waals surface area contributed by atoms with Crippen LogP contribution in [0, 0.1) is 0 Å². The SMILES string of the molecule is CCCCCOc1ccc(C(=O)OC(CC)c2ccccc2)cn1. The number of benzene rings is 1. The van der Waals surface area contributed by atoms with Crippen LogP contribution in [0.15, 0.2) is 48.7 Å². The van der Waals surface area contributed by atoms with Gasteiger partial charge in [-0.15, -0.1) is 0 Å². The molecule has 0 saturated carbocycles. The Labute approximate surface area is 143 Å². The first-order valence-corrected chi connectivity index (χ1v) is 8.59. The zero-order chi connectivity index (χ0) is 17.2. The van der Waals surface area contributed by atoms with E-state index in [-0.39, 0.29) is 12.1 Å². The third kappa shape index (κ3) is 5.37. The Hall–Kier alpha value is -2.36. The Bertz CT molecular complexity index is 611. The van der Waals surface area contributed by atoms with Gasteiger partial charge in [0.2, 0.25) is 5.88 Å². The second kappa shape index (κ2) is 9.71. The number of hydrogen-bond acceptors (Lipinski definition) is 4. The summed E-state index contributed by atoms with van der Waals surface area (Å²) in [7, 11) is 0. The van der Waals surface area contributed by atoms with Gasteiger partial charge in [-0.05, 0) is 24.5 Å². The summed E-state index contributed by atoms with van der Waals surface area (Å²) in [5.41, 5.74) is 1.43. The molecule has 0 saturated heterocycles. The van der Waals surface area contributed by atoms with Crippen molar-refractivity contribution >= 4 is 5.97 Å².